The van der Waals surface area contributed by atoms with Crippen molar-refractivity contribution in [3.8, 4) is 0 Å². The van der Waals surface area contributed by atoms with Crippen LogP contribution >= 0.6 is 0 Å². The molecule has 6 nitrogen and oxygen atoms in total. The Labute approximate surface area is 285 Å². The van der Waals surface area contributed by atoms with E-state index in [9.17, 15) is 14.4 Å². The van der Waals surface area contributed by atoms with Gasteiger partial charge in [0.15, 0.2) is 6.10 Å². The number of unbranched alkanes of at least 4 members (excludes halogenated alkanes) is 25. The molecule has 0 fully saturated rings. The van der Waals surface area contributed by atoms with E-state index in [2.05, 4.69) is 20.8 Å². The molecule has 0 aliphatic carbocycles. The van der Waals surface area contributed by atoms with Gasteiger partial charge in [0.2, 0.25) is 0 Å². The first-order valence-corrected chi connectivity index (χ1v) is 20.0. The highest BCUT2D eigenvalue weighted by molar-refractivity contribution is 5.71. The standard InChI is InChI=1S/C40H76O6/c1-4-7-10-13-16-17-18-19-20-21-22-25-27-30-33-39(42)45-36-37(46-40(43)34-31-28-24-15-12-9-6-3)35-44-38(41)32-29-26-23-14-11-8-5-2/h37H,4-36H2,1-3H3/t37-/m1/s1. The molecule has 0 saturated carbocycles. The van der Waals surface area contributed by atoms with E-state index >= 15 is 0 Å². The van der Waals surface area contributed by atoms with Crippen LogP contribution in [0.25, 0.3) is 0 Å². The molecule has 0 saturated heterocycles. The largest absolute Gasteiger partial charge is 0.462 e. The third-order valence-corrected chi connectivity index (χ3v) is 8.86. The van der Waals surface area contributed by atoms with E-state index in [1.165, 1.54) is 122 Å². The quantitative estimate of drug-likeness (QED) is 0.0381. The molecular weight excluding hydrogens is 576 g/mol. The lowest BCUT2D eigenvalue weighted by Gasteiger charge is -2.18. The average Bonchev–Trinajstić information content (AvgIpc) is 3.05. The van der Waals surface area contributed by atoms with E-state index < -0.39 is 6.10 Å². The zero-order valence-electron chi connectivity index (χ0n) is 30.9. The smallest absolute Gasteiger partial charge is 0.306 e. The van der Waals surface area contributed by atoms with Crippen molar-refractivity contribution in [3.63, 3.8) is 0 Å². The maximum Gasteiger partial charge on any atom is 0.306 e. The summed E-state index contributed by atoms with van der Waals surface area (Å²) in [6, 6.07) is 0. The van der Waals surface area contributed by atoms with Crippen LogP contribution in [0.4, 0.5) is 0 Å². The highest BCUT2D eigenvalue weighted by Gasteiger charge is 2.19. The summed E-state index contributed by atoms with van der Waals surface area (Å²) < 4.78 is 16.5. The Hall–Kier alpha value is -1.59. The van der Waals surface area contributed by atoms with Crippen molar-refractivity contribution >= 4 is 17.9 Å². The summed E-state index contributed by atoms with van der Waals surface area (Å²) in [7, 11) is 0. The molecular formula is C40H76O6. The topological polar surface area (TPSA) is 78.9 Å². The van der Waals surface area contributed by atoms with Crippen LogP contribution in [0.15, 0.2) is 0 Å². The van der Waals surface area contributed by atoms with Crippen LogP contribution in [-0.2, 0) is 28.6 Å². The van der Waals surface area contributed by atoms with Gasteiger partial charge in [0.05, 0.1) is 0 Å². The molecule has 0 heterocycles. The van der Waals surface area contributed by atoms with Crippen molar-refractivity contribution in [2.75, 3.05) is 13.2 Å². The molecule has 0 aromatic rings. The van der Waals surface area contributed by atoms with E-state index in [1.807, 2.05) is 0 Å². The van der Waals surface area contributed by atoms with Gasteiger partial charge in [0.25, 0.3) is 0 Å². The van der Waals surface area contributed by atoms with Crippen LogP contribution in [0.5, 0.6) is 0 Å². The Balaban J connectivity index is 4.22. The second-order valence-corrected chi connectivity index (χ2v) is 13.6. The SMILES string of the molecule is CCCCCCCCCCCCCCCCC(=O)OC[C@@H](COC(=O)CCCCCCCCC)OC(=O)CCCCCCCCC. The summed E-state index contributed by atoms with van der Waals surface area (Å²) >= 11 is 0. The molecule has 0 bridgehead atoms. The number of hydrogen-bond acceptors (Lipinski definition) is 6. The van der Waals surface area contributed by atoms with E-state index in [0.717, 1.165) is 57.8 Å². The molecule has 6 heteroatoms. The number of carbonyl (C=O) groups is 3. The number of hydrogen-bond donors (Lipinski definition) is 0. The maximum absolute atomic E-state index is 12.5. The molecule has 0 aliphatic heterocycles. The van der Waals surface area contributed by atoms with Crippen molar-refractivity contribution in [2.24, 2.45) is 0 Å². The van der Waals surface area contributed by atoms with Gasteiger partial charge >= 0.3 is 17.9 Å². The van der Waals surface area contributed by atoms with Crippen LogP contribution in [0, 0.1) is 0 Å². The first-order chi connectivity index (χ1) is 22.5. The molecule has 46 heavy (non-hydrogen) atoms. The molecule has 0 unspecified atom stereocenters. The Morgan fingerprint density at radius 3 is 0.870 bits per heavy atom. The number of ether oxygens (including phenoxy) is 3. The van der Waals surface area contributed by atoms with E-state index in [4.69, 9.17) is 14.2 Å². The lowest BCUT2D eigenvalue weighted by molar-refractivity contribution is -0.167. The van der Waals surface area contributed by atoms with Crippen LogP contribution < -0.4 is 0 Å². The monoisotopic (exact) mass is 653 g/mol. The number of rotatable bonds is 36. The lowest BCUT2D eigenvalue weighted by Crippen LogP contribution is -2.30. The molecule has 1 atom stereocenters. The van der Waals surface area contributed by atoms with Crippen LogP contribution in [0.1, 0.15) is 220 Å². The fourth-order valence-corrected chi connectivity index (χ4v) is 5.79. The van der Waals surface area contributed by atoms with Crippen molar-refractivity contribution in [1.82, 2.24) is 0 Å². The molecule has 272 valence electrons. The van der Waals surface area contributed by atoms with Crippen molar-refractivity contribution in [3.05, 3.63) is 0 Å². The van der Waals surface area contributed by atoms with Gasteiger partial charge in [-0.25, -0.2) is 0 Å². The Bertz CT molecular complexity index is 679. The third kappa shape index (κ3) is 33.8. The molecule has 0 radical (unpaired) electrons. The lowest BCUT2D eigenvalue weighted by atomic mass is 10.0. The molecule has 0 aromatic carbocycles. The first-order valence-electron chi connectivity index (χ1n) is 20.0. The van der Waals surface area contributed by atoms with Crippen molar-refractivity contribution in [1.29, 1.82) is 0 Å². The van der Waals surface area contributed by atoms with Gasteiger partial charge in [-0.2, -0.15) is 0 Å². The van der Waals surface area contributed by atoms with E-state index in [1.54, 1.807) is 0 Å². The second-order valence-electron chi connectivity index (χ2n) is 13.6. The van der Waals surface area contributed by atoms with Crippen LogP contribution in [0.3, 0.4) is 0 Å². The Kier molecular flexibility index (Phi) is 35.0. The zero-order valence-corrected chi connectivity index (χ0v) is 30.9. The number of esters is 3. The van der Waals surface area contributed by atoms with Gasteiger partial charge in [-0.1, -0.05) is 181 Å². The molecule has 0 N–H and O–H groups in total. The summed E-state index contributed by atoms with van der Waals surface area (Å²) in [5, 5.41) is 0. The highest BCUT2D eigenvalue weighted by atomic mass is 16.6. The third-order valence-electron chi connectivity index (χ3n) is 8.86. The minimum atomic E-state index is -0.754. The normalized spacial score (nSPS) is 11.8. The highest BCUT2D eigenvalue weighted by Crippen LogP contribution is 2.15. The van der Waals surface area contributed by atoms with Gasteiger partial charge in [-0.05, 0) is 19.3 Å². The maximum atomic E-state index is 12.5. The summed E-state index contributed by atoms with van der Waals surface area (Å²) in [6.45, 7) is 6.55. The van der Waals surface area contributed by atoms with Gasteiger partial charge in [-0.15, -0.1) is 0 Å². The minimum Gasteiger partial charge on any atom is -0.462 e. The van der Waals surface area contributed by atoms with Gasteiger partial charge in [-0.3, -0.25) is 14.4 Å². The van der Waals surface area contributed by atoms with E-state index in [-0.39, 0.29) is 31.1 Å². The van der Waals surface area contributed by atoms with Gasteiger partial charge in [0, 0.05) is 19.3 Å². The van der Waals surface area contributed by atoms with Gasteiger partial charge in [0.1, 0.15) is 13.2 Å². The molecule has 0 rings (SSSR count). The minimum absolute atomic E-state index is 0.0646. The first kappa shape index (κ1) is 44.4. The summed E-state index contributed by atoms with van der Waals surface area (Å²) in [6.07, 6.45) is 33.9. The Morgan fingerprint density at radius 2 is 0.587 bits per heavy atom. The predicted molar refractivity (Wildman–Crippen MR) is 192 cm³/mol. The fourth-order valence-electron chi connectivity index (χ4n) is 5.79. The molecule has 0 spiro atoms. The summed E-state index contributed by atoms with van der Waals surface area (Å²) in [4.78, 5) is 37.2. The molecule has 0 amide bonds. The van der Waals surface area contributed by atoms with Crippen LogP contribution in [-0.4, -0.2) is 37.2 Å². The molecule has 0 aromatic heterocycles. The van der Waals surface area contributed by atoms with Crippen molar-refractivity contribution < 1.29 is 28.6 Å². The summed E-state index contributed by atoms with van der Waals surface area (Å²) in [5.74, 6) is -0.874. The summed E-state index contributed by atoms with van der Waals surface area (Å²) in [5.41, 5.74) is 0. The zero-order chi connectivity index (χ0) is 33.8. The van der Waals surface area contributed by atoms with E-state index in [0.29, 0.717) is 19.3 Å². The fraction of sp³-hybridized carbons (Fsp3) is 0.925. The second kappa shape index (κ2) is 36.2. The van der Waals surface area contributed by atoms with Gasteiger partial charge < -0.3 is 14.2 Å². The predicted octanol–water partition coefficient (Wildman–Crippen LogP) is 12.1. The number of carbonyl (C=O) groups excluding carboxylic acids is 3. The van der Waals surface area contributed by atoms with Crippen LogP contribution in [0.2, 0.25) is 0 Å². The van der Waals surface area contributed by atoms with Crippen molar-refractivity contribution in [2.45, 2.75) is 226 Å². The molecule has 0 aliphatic rings. The Morgan fingerprint density at radius 1 is 0.348 bits per heavy atom. The average molecular weight is 653 g/mol.